The van der Waals surface area contributed by atoms with Crippen molar-refractivity contribution in [2.45, 2.75) is 360 Å². The van der Waals surface area contributed by atoms with Gasteiger partial charge in [0.2, 0.25) is 0 Å². The predicted octanol–water partition coefficient (Wildman–Crippen LogP) is 21.4. The van der Waals surface area contributed by atoms with Crippen LogP contribution in [-0.2, 0) is 33.3 Å². The van der Waals surface area contributed by atoms with Gasteiger partial charge in [0.15, 0.2) is 12.4 Å². The highest BCUT2D eigenvalue weighted by Gasteiger charge is 2.22. The summed E-state index contributed by atoms with van der Waals surface area (Å²) in [5.41, 5.74) is 0. The van der Waals surface area contributed by atoms with Gasteiger partial charge in [-0.25, -0.2) is 0 Å². The number of allylic oxidation sites excluding steroid dienone is 10. The van der Waals surface area contributed by atoms with E-state index in [0.29, 0.717) is 23.9 Å². The monoisotopic (exact) mass is 1190 g/mol. The number of carbonyl (C=O) groups is 3. The molecule has 0 aliphatic carbocycles. The molecule has 2 atom stereocenters. The number of aliphatic carboxylic acids is 1. The summed E-state index contributed by atoms with van der Waals surface area (Å²) in [7, 11) is 5.94. The highest BCUT2D eigenvalue weighted by Crippen LogP contribution is 2.19. The Kier molecular flexibility index (Phi) is 64.6. The molecule has 496 valence electrons. The van der Waals surface area contributed by atoms with E-state index in [0.717, 1.165) is 57.8 Å². The molecule has 0 N–H and O–H groups in total. The van der Waals surface area contributed by atoms with E-state index < -0.39 is 24.3 Å². The third-order valence-corrected chi connectivity index (χ3v) is 16.2. The summed E-state index contributed by atoms with van der Waals surface area (Å²) < 4.78 is 22.8. The molecule has 9 nitrogen and oxygen atoms in total. The number of carboxylic acid groups (broad SMARTS) is 1. The maximum absolute atomic E-state index is 12.9. The quantitative estimate of drug-likeness (QED) is 0.0195. The Hall–Kier alpha value is -3.01. The summed E-state index contributed by atoms with van der Waals surface area (Å²) in [6.07, 6.45) is 84.6. The van der Waals surface area contributed by atoms with Gasteiger partial charge in [0.25, 0.3) is 0 Å². The second-order valence-corrected chi connectivity index (χ2v) is 25.9. The topological polar surface area (TPSA) is 111 Å². The lowest BCUT2D eigenvalue weighted by Crippen LogP contribution is -2.44. The average molecular weight is 1190 g/mol. The summed E-state index contributed by atoms with van der Waals surface area (Å²) in [6.45, 7) is 4.69. The number of nitrogens with zero attached hydrogens (tertiary/aromatic N) is 1. The Morgan fingerprint density at radius 3 is 1.01 bits per heavy atom. The molecule has 0 radical (unpaired) electrons. The third kappa shape index (κ3) is 68.3. The van der Waals surface area contributed by atoms with Crippen LogP contribution >= 0.6 is 0 Å². The first-order chi connectivity index (χ1) is 41.6. The fourth-order valence-electron chi connectivity index (χ4n) is 10.7. The van der Waals surface area contributed by atoms with Crippen LogP contribution in [-0.4, -0.2) is 82.3 Å². The van der Waals surface area contributed by atoms with Crippen LogP contribution in [0.5, 0.6) is 0 Å². The summed E-state index contributed by atoms with van der Waals surface area (Å²) in [4.78, 5) is 37.5. The highest BCUT2D eigenvalue weighted by molar-refractivity contribution is 5.70. The van der Waals surface area contributed by atoms with E-state index in [4.69, 9.17) is 18.9 Å². The maximum Gasteiger partial charge on any atom is 0.306 e. The van der Waals surface area contributed by atoms with Crippen LogP contribution in [0, 0.1) is 0 Å². The van der Waals surface area contributed by atoms with Crippen LogP contribution in [0.25, 0.3) is 0 Å². The van der Waals surface area contributed by atoms with E-state index in [1.54, 1.807) is 0 Å². The summed E-state index contributed by atoms with van der Waals surface area (Å²) in [6, 6.07) is 0. The van der Waals surface area contributed by atoms with Crippen molar-refractivity contribution >= 4 is 17.9 Å². The molecule has 0 aliphatic rings. The SMILES string of the molecule is CC/C=C\C/C=C\C/C=C\C/C=C\CCCCCCCCCCCCCCCCCCC(=O)OC(COC(=O)CCCCCCCCCCCCCCCCCCCCC/C=C\CCCCCCCCCC)COC(OCC[N+](C)(C)C)C(=O)[O-]. The zero-order chi connectivity index (χ0) is 61.9. The predicted molar refractivity (Wildman–Crippen MR) is 362 cm³/mol. The Morgan fingerprint density at radius 1 is 0.365 bits per heavy atom. The van der Waals surface area contributed by atoms with Gasteiger partial charge in [0.05, 0.1) is 40.3 Å². The fourth-order valence-corrected chi connectivity index (χ4v) is 10.7. The van der Waals surface area contributed by atoms with E-state index in [2.05, 4.69) is 74.6 Å². The summed E-state index contributed by atoms with van der Waals surface area (Å²) >= 11 is 0. The Labute approximate surface area is 526 Å². The molecule has 2 unspecified atom stereocenters. The number of rotatable bonds is 68. The molecule has 0 aromatic heterocycles. The van der Waals surface area contributed by atoms with Crippen molar-refractivity contribution < 1.29 is 42.9 Å². The van der Waals surface area contributed by atoms with Gasteiger partial charge >= 0.3 is 11.9 Å². The minimum atomic E-state index is -1.62. The zero-order valence-electron chi connectivity index (χ0n) is 56.7. The first-order valence-corrected chi connectivity index (χ1v) is 36.4. The van der Waals surface area contributed by atoms with Crippen LogP contribution in [0.3, 0.4) is 0 Å². The van der Waals surface area contributed by atoms with Crippen LogP contribution in [0.1, 0.15) is 348 Å². The Balaban J connectivity index is 4.05. The van der Waals surface area contributed by atoms with Crippen molar-refractivity contribution in [2.75, 3.05) is 47.5 Å². The number of ether oxygens (including phenoxy) is 4. The molecule has 0 bridgehead atoms. The number of unbranched alkanes of at least 4 members (excludes halogenated alkanes) is 43. The zero-order valence-corrected chi connectivity index (χ0v) is 56.7. The summed E-state index contributed by atoms with van der Waals surface area (Å²) in [5.74, 6) is -2.26. The molecule has 0 aromatic carbocycles. The van der Waals surface area contributed by atoms with E-state index in [9.17, 15) is 19.5 Å². The molecule has 0 aromatic rings. The molecule has 0 rings (SSSR count). The molecule has 85 heavy (non-hydrogen) atoms. The van der Waals surface area contributed by atoms with Crippen molar-refractivity contribution in [3.8, 4) is 0 Å². The number of carbonyl (C=O) groups excluding carboxylic acids is 3. The average Bonchev–Trinajstić information content (AvgIpc) is 3.48. The van der Waals surface area contributed by atoms with Crippen molar-refractivity contribution in [2.24, 2.45) is 0 Å². The van der Waals surface area contributed by atoms with Crippen molar-refractivity contribution in [1.29, 1.82) is 0 Å². The van der Waals surface area contributed by atoms with Crippen LogP contribution in [0.4, 0.5) is 0 Å². The molecule has 0 fully saturated rings. The highest BCUT2D eigenvalue weighted by atomic mass is 16.7. The molecule has 0 aliphatic heterocycles. The second kappa shape index (κ2) is 66.9. The minimum absolute atomic E-state index is 0.149. The normalized spacial score (nSPS) is 13.0. The molecule has 0 saturated carbocycles. The van der Waals surface area contributed by atoms with Gasteiger partial charge in [-0.1, -0.05) is 319 Å². The van der Waals surface area contributed by atoms with Crippen molar-refractivity contribution in [3.05, 3.63) is 60.8 Å². The maximum atomic E-state index is 12.9. The molecule has 0 heterocycles. The van der Waals surface area contributed by atoms with Crippen LogP contribution in [0.2, 0.25) is 0 Å². The molecular weight excluding hydrogens is 1050 g/mol. The largest absolute Gasteiger partial charge is 0.545 e. The first kappa shape index (κ1) is 82.0. The van der Waals surface area contributed by atoms with Gasteiger partial charge in [-0.2, -0.15) is 0 Å². The third-order valence-electron chi connectivity index (χ3n) is 16.2. The van der Waals surface area contributed by atoms with Gasteiger partial charge in [0.1, 0.15) is 13.2 Å². The minimum Gasteiger partial charge on any atom is -0.545 e. The van der Waals surface area contributed by atoms with E-state index in [-0.39, 0.29) is 32.2 Å². The molecule has 0 saturated heterocycles. The molecule has 9 heteroatoms. The molecule has 0 amide bonds. The lowest BCUT2D eigenvalue weighted by molar-refractivity contribution is -0.870. The Bertz CT molecular complexity index is 1580. The van der Waals surface area contributed by atoms with Gasteiger partial charge in [-0.05, 0) is 77.0 Å². The van der Waals surface area contributed by atoms with Gasteiger partial charge in [0, 0.05) is 12.8 Å². The van der Waals surface area contributed by atoms with Gasteiger partial charge in [-0.15, -0.1) is 0 Å². The lowest BCUT2D eigenvalue weighted by Gasteiger charge is -2.26. The van der Waals surface area contributed by atoms with E-state index in [1.165, 1.54) is 257 Å². The van der Waals surface area contributed by atoms with E-state index >= 15 is 0 Å². The fraction of sp³-hybridized carbons (Fsp3) is 0.829. The molecule has 0 spiro atoms. The smallest absolute Gasteiger partial charge is 0.306 e. The summed E-state index contributed by atoms with van der Waals surface area (Å²) in [5, 5.41) is 11.8. The van der Waals surface area contributed by atoms with Crippen molar-refractivity contribution in [3.63, 3.8) is 0 Å². The lowest BCUT2D eigenvalue weighted by atomic mass is 10.0. The van der Waals surface area contributed by atoms with E-state index in [1.807, 2.05) is 21.1 Å². The standard InChI is InChI=1S/C76H139NO8/c1-6-8-10-12-14-16-18-20-22-24-26-28-30-32-34-36-37-39-40-42-44-46-48-50-52-54-56-58-60-62-64-66-73(78)83-70-72(71-84-76(75(80)81)82-69-68-77(3,4)5)85-74(79)67-65-63-61-59-57-55-53-51-49-47-45-43-41-38-35-33-31-29-27-25-23-21-19-17-15-13-11-9-7-2/h9,11,15,17,21,23-24,26-27,29,72,76H,6-8,10,12-14,16,18-20,22,25,28,30-71H2,1-5H3/b11-9-,17-15-,23-21-,26-24-,29-27-. The number of quaternary nitrogens is 1. The number of hydrogen-bond acceptors (Lipinski definition) is 8. The second-order valence-electron chi connectivity index (χ2n) is 25.9. The van der Waals surface area contributed by atoms with Gasteiger partial charge in [-0.3, -0.25) is 9.59 Å². The van der Waals surface area contributed by atoms with Crippen LogP contribution < -0.4 is 5.11 Å². The first-order valence-electron chi connectivity index (χ1n) is 36.4. The van der Waals surface area contributed by atoms with Gasteiger partial charge < -0.3 is 33.3 Å². The van der Waals surface area contributed by atoms with Crippen molar-refractivity contribution in [1.82, 2.24) is 0 Å². The number of likely N-dealkylation sites (N-methyl/N-ethyl adjacent to an activating group) is 1. The molecular formula is C76H139NO8. The number of esters is 2. The number of hydrogen-bond donors (Lipinski definition) is 0. The number of carboxylic acids is 1. The van der Waals surface area contributed by atoms with Crippen LogP contribution in [0.15, 0.2) is 60.8 Å². The Morgan fingerprint density at radius 2 is 0.671 bits per heavy atom.